The van der Waals surface area contributed by atoms with Gasteiger partial charge >= 0.3 is 5.97 Å². The van der Waals surface area contributed by atoms with Gasteiger partial charge in [0.05, 0.1) is 5.92 Å². The van der Waals surface area contributed by atoms with Gasteiger partial charge in [0.25, 0.3) is 0 Å². The lowest BCUT2D eigenvalue weighted by atomic mass is 10.0. The fraction of sp³-hybridized carbons (Fsp3) is 0.727. The van der Waals surface area contributed by atoms with Gasteiger partial charge in [-0.05, 0) is 12.8 Å². The Hall–Kier alpha value is -1.04. The van der Waals surface area contributed by atoms with Crippen LogP contribution in [0.5, 0.6) is 0 Å². The standard InChI is InChI=1S/C11H17N3O2S/c1-14-11(12-7-13-14)17-9-6-4-2-3-5-8(9)10(15)16/h7-9H,2-6H2,1H3,(H,15,16). The zero-order chi connectivity index (χ0) is 12.3. The summed E-state index contributed by atoms with van der Waals surface area (Å²) in [6.07, 6.45) is 6.51. The second-order valence-electron chi connectivity index (χ2n) is 4.41. The monoisotopic (exact) mass is 255 g/mol. The van der Waals surface area contributed by atoms with E-state index in [9.17, 15) is 9.90 Å². The van der Waals surface area contributed by atoms with E-state index in [1.54, 1.807) is 16.4 Å². The number of hydrogen-bond acceptors (Lipinski definition) is 4. The van der Waals surface area contributed by atoms with Gasteiger partial charge in [-0.15, -0.1) is 0 Å². The van der Waals surface area contributed by atoms with Gasteiger partial charge in [-0.25, -0.2) is 9.67 Å². The van der Waals surface area contributed by atoms with Crippen LogP contribution in [0.3, 0.4) is 0 Å². The van der Waals surface area contributed by atoms with Crippen molar-refractivity contribution in [2.45, 2.75) is 42.5 Å². The summed E-state index contributed by atoms with van der Waals surface area (Å²) in [5.74, 6) is -0.925. The number of rotatable bonds is 3. The largest absolute Gasteiger partial charge is 0.481 e. The van der Waals surface area contributed by atoms with E-state index in [1.807, 2.05) is 7.05 Å². The van der Waals surface area contributed by atoms with Gasteiger partial charge in [0.15, 0.2) is 5.16 Å². The predicted octanol–water partition coefficient (Wildman–Crippen LogP) is 1.94. The maximum atomic E-state index is 11.3. The van der Waals surface area contributed by atoms with Gasteiger partial charge in [0, 0.05) is 12.3 Å². The fourth-order valence-corrected chi connectivity index (χ4v) is 3.50. The topological polar surface area (TPSA) is 68.0 Å². The third kappa shape index (κ3) is 3.00. The second-order valence-corrected chi connectivity index (χ2v) is 5.61. The lowest BCUT2D eigenvalue weighted by Gasteiger charge is -2.19. The second kappa shape index (κ2) is 5.53. The van der Waals surface area contributed by atoms with E-state index >= 15 is 0 Å². The first-order chi connectivity index (χ1) is 8.18. The first-order valence-corrected chi connectivity index (χ1v) is 6.80. The molecule has 0 aromatic carbocycles. The SMILES string of the molecule is Cn1ncnc1SC1CCCCCC1C(=O)O. The van der Waals surface area contributed by atoms with Crippen LogP contribution in [-0.2, 0) is 11.8 Å². The van der Waals surface area contributed by atoms with Crippen LogP contribution < -0.4 is 0 Å². The number of carboxylic acids is 1. The van der Waals surface area contributed by atoms with Crippen molar-refractivity contribution in [3.05, 3.63) is 6.33 Å². The number of thioether (sulfide) groups is 1. The summed E-state index contributed by atoms with van der Waals surface area (Å²) in [4.78, 5) is 15.4. The van der Waals surface area contributed by atoms with Gasteiger partial charge in [0.1, 0.15) is 6.33 Å². The van der Waals surface area contributed by atoms with E-state index < -0.39 is 5.97 Å². The van der Waals surface area contributed by atoms with E-state index in [-0.39, 0.29) is 11.2 Å². The number of hydrogen-bond donors (Lipinski definition) is 1. The molecule has 1 heterocycles. The molecule has 6 heteroatoms. The number of aromatic nitrogens is 3. The maximum Gasteiger partial charge on any atom is 0.307 e. The van der Waals surface area contributed by atoms with Crippen LogP contribution in [0.4, 0.5) is 0 Å². The highest BCUT2D eigenvalue weighted by Gasteiger charge is 2.31. The fourth-order valence-electron chi connectivity index (χ4n) is 2.22. The number of carboxylic acid groups (broad SMARTS) is 1. The van der Waals surface area contributed by atoms with E-state index in [4.69, 9.17) is 0 Å². The lowest BCUT2D eigenvalue weighted by Crippen LogP contribution is -2.25. The summed E-state index contributed by atoms with van der Waals surface area (Å²) in [6.45, 7) is 0. The molecule has 1 aliphatic carbocycles. The first-order valence-electron chi connectivity index (χ1n) is 5.92. The summed E-state index contributed by atoms with van der Waals surface area (Å²) in [5, 5.41) is 14.2. The Morgan fingerprint density at radius 3 is 2.88 bits per heavy atom. The van der Waals surface area contributed by atoms with E-state index in [0.717, 1.165) is 37.3 Å². The zero-order valence-corrected chi connectivity index (χ0v) is 10.7. The van der Waals surface area contributed by atoms with Crippen molar-refractivity contribution in [1.29, 1.82) is 0 Å². The molecule has 0 amide bonds. The Kier molecular flexibility index (Phi) is 4.04. The quantitative estimate of drug-likeness (QED) is 0.836. The molecule has 2 atom stereocenters. The maximum absolute atomic E-state index is 11.3. The molecular weight excluding hydrogens is 238 g/mol. The van der Waals surface area contributed by atoms with Gasteiger partial charge in [-0.2, -0.15) is 5.10 Å². The Morgan fingerprint density at radius 2 is 2.24 bits per heavy atom. The molecule has 1 fully saturated rings. The van der Waals surface area contributed by atoms with E-state index in [0.29, 0.717) is 0 Å². The molecule has 2 unspecified atom stereocenters. The molecule has 1 aromatic heterocycles. The third-order valence-corrected chi connectivity index (χ3v) is 4.64. The lowest BCUT2D eigenvalue weighted by molar-refractivity contribution is -0.141. The van der Waals surface area contributed by atoms with Crippen LogP contribution in [0.2, 0.25) is 0 Å². The van der Waals surface area contributed by atoms with Gasteiger partial charge in [-0.3, -0.25) is 4.79 Å². The van der Waals surface area contributed by atoms with Gasteiger partial charge in [0.2, 0.25) is 0 Å². The minimum atomic E-state index is -0.674. The van der Waals surface area contributed by atoms with Gasteiger partial charge < -0.3 is 5.11 Å². The molecule has 1 aromatic rings. The van der Waals surface area contributed by atoms with Crippen molar-refractivity contribution in [2.75, 3.05) is 0 Å². The smallest absolute Gasteiger partial charge is 0.307 e. The van der Waals surface area contributed by atoms with Crippen LogP contribution >= 0.6 is 11.8 Å². The summed E-state index contributed by atoms with van der Waals surface area (Å²) in [7, 11) is 1.84. The molecule has 94 valence electrons. The molecular formula is C11H17N3O2S. The molecule has 0 bridgehead atoms. The molecule has 1 N–H and O–H groups in total. The number of nitrogens with zero attached hydrogens (tertiary/aromatic N) is 3. The highest BCUT2D eigenvalue weighted by atomic mass is 32.2. The number of carbonyl (C=O) groups is 1. The van der Waals surface area contributed by atoms with Crippen molar-refractivity contribution < 1.29 is 9.90 Å². The van der Waals surface area contributed by atoms with Crippen molar-refractivity contribution in [3.63, 3.8) is 0 Å². The number of aryl methyl sites for hydroxylation is 1. The zero-order valence-electron chi connectivity index (χ0n) is 9.87. The Morgan fingerprint density at radius 1 is 1.47 bits per heavy atom. The van der Waals surface area contributed by atoms with Crippen LogP contribution in [0, 0.1) is 5.92 Å². The summed E-state index contributed by atoms with van der Waals surface area (Å²) >= 11 is 1.56. The molecule has 0 spiro atoms. The molecule has 2 rings (SSSR count). The first kappa shape index (κ1) is 12.4. The van der Waals surface area contributed by atoms with Crippen molar-refractivity contribution in [1.82, 2.24) is 14.8 Å². The molecule has 17 heavy (non-hydrogen) atoms. The van der Waals surface area contributed by atoms with E-state index in [2.05, 4.69) is 10.1 Å². The van der Waals surface area contributed by atoms with Crippen LogP contribution in [-0.4, -0.2) is 31.1 Å². The van der Waals surface area contributed by atoms with Crippen molar-refractivity contribution in [3.8, 4) is 0 Å². The molecule has 1 aliphatic rings. The Labute approximate surface area is 105 Å². The Bertz CT molecular complexity index is 394. The van der Waals surface area contributed by atoms with E-state index in [1.165, 1.54) is 6.33 Å². The molecule has 5 nitrogen and oxygen atoms in total. The summed E-state index contributed by atoms with van der Waals surface area (Å²) < 4.78 is 1.70. The Balaban J connectivity index is 2.10. The summed E-state index contributed by atoms with van der Waals surface area (Å²) in [5.41, 5.74) is 0. The minimum absolute atomic E-state index is 0.123. The van der Waals surface area contributed by atoms with Crippen LogP contribution in [0.25, 0.3) is 0 Å². The third-order valence-electron chi connectivity index (χ3n) is 3.20. The normalized spacial score (nSPS) is 25.5. The average Bonchev–Trinajstić information content (AvgIpc) is 2.55. The van der Waals surface area contributed by atoms with Crippen LogP contribution in [0.15, 0.2) is 11.5 Å². The predicted molar refractivity (Wildman–Crippen MR) is 64.9 cm³/mol. The van der Waals surface area contributed by atoms with Crippen molar-refractivity contribution in [2.24, 2.45) is 13.0 Å². The van der Waals surface area contributed by atoms with Crippen molar-refractivity contribution >= 4 is 17.7 Å². The highest BCUT2D eigenvalue weighted by molar-refractivity contribution is 7.99. The minimum Gasteiger partial charge on any atom is -0.481 e. The number of aliphatic carboxylic acids is 1. The highest BCUT2D eigenvalue weighted by Crippen LogP contribution is 2.35. The van der Waals surface area contributed by atoms with Gasteiger partial charge in [-0.1, -0.05) is 31.0 Å². The molecule has 0 saturated heterocycles. The molecule has 0 aliphatic heterocycles. The van der Waals surface area contributed by atoms with Crippen LogP contribution in [0.1, 0.15) is 32.1 Å². The summed E-state index contributed by atoms with van der Waals surface area (Å²) in [6, 6.07) is 0. The average molecular weight is 255 g/mol. The molecule has 0 radical (unpaired) electrons. The molecule has 1 saturated carbocycles.